The standard InChI is InChI=1S/C24H24BrN3O2S/c1-29-22-14-20(16-27-28-24(26)31-17-19-10-6-3-7-11-19)21(25)15-23(22)30-13-12-18-8-4-2-5-9-18/h2-11,14-16H,12-13,17H2,1H3,(H2,26,28). The van der Waals surface area contributed by atoms with Gasteiger partial charge in [-0.05, 0) is 39.2 Å². The maximum atomic E-state index is 5.95. The van der Waals surface area contributed by atoms with Crippen LogP contribution in [0.15, 0.2) is 87.5 Å². The minimum absolute atomic E-state index is 0.407. The van der Waals surface area contributed by atoms with Gasteiger partial charge in [0.25, 0.3) is 0 Å². The van der Waals surface area contributed by atoms with E-state index in [9.17, 15) is 0 Å². The molecule has 31 heavy (non-hydrogen) atoms. The van der Waals surface area contributed by atoms with Crippen molar-refractivity contribution in [3.05, 3.63) is 94.0 Å². The highest BCUT2D eigenvalue weighted by molar-refractivity contribution is 9.10. The number of amidine groups is 1. The molecular weight excluding hydrogens is 474 g/mol. The van der Waals surface area contributed by atoms with Crippen LogP contribution in [0.4, 0.5) is 0 Å². The summed E-state index contributed by atoms with van der Waals surface area (Å²) in [5.74, 6) is 2.05. The predicted molar refractivity (Wildman–Crippen MR) is 133 cm³/mol. The van der Waals surface area contributed by atoms with Gasteiger partial charge in [0.1, 0.15) is 0 Å². The Hall–Kier alpha value is -2.77. The number of ether oxygens (including phenoxy) is 2. The van der Waals surface area contributed by atoms with Crippen molar-refractivity contribution in [2.45, 2.75) is 12.2 Å². The molecule has 3 rings (SSSR count). The maximum absolute atomic E-state index is 5.95. The van der Waals surface area contributed by atoms with Gasteiger partial charge in [-0.15, -0.1) is 5.10 Å². The van der Waals surface area contributed by atoms with Crippen molar-refractivity contribution in [3.8, 4) is 11.5 Å². The van der Waals surface area contributed by atoms with Crippen molar-refractivity contribution in [2.75, 3.05) is 13.7 Å². The zero-order valence-corrected chi connectivity index (χ0v) is 19.6. The number of nitrogens with two attached hydrogens (primary N) is 1. The third-order valence-electron chi connectivity index (χ3n) is 4.36. The minimum atomic E-state index is 0.407. The summed E-state index contributed by atoms with van der Waals surface area (Å²) in [6.45, 7) is 0.555. The molecule has 2 N–H and O–H groups in total. The van der Waals surface area contributed by atoms with Gasteiger partial charge in [0.2, 0.25) is 0 Å². The highest BCUT2D eigenvalue weighted by Gasteiger charge is 2.09. The molecule has 3 aromatic carbocycles. The lowest BCUT2D eigenvalue weighted by Crippen LogP contribution is -2.06. The molecule has 7 heteroatoms. The quantitative estimate of drug-likeness (QED) is 0.235. The number of rotatable bonds is 9. The van der Waals surface area contributed by atoms with Crippen molar-refractivity contribution >= 4 is 39.1 Å². The lowest BCUT2D eigenvalue weighted by molar-refractivity contribution is 0.297. The molecule has 0 fully saturated rings. The van der Waals surface area contributed by atoms with E-state index >= 15 is 0 Å². The van der Waals surface area contributed by atoms with Crippen LogP contribution >= 0.6 is 27.7 Å². The summed E-state index contributed by atoms with van der Waals surface area (Å²) >= 11 is 5.01. The molecule has 0 heterocycles. The Kier molecular flexibility index (Phi) is 8.99. The van der Waals surface area contributed by atoms with Crippen LogP contribution in [0.2, 0.25) is 0 Å². The molecule has 0 aliphatic carbocycles. The number of benzene rings is 3. The molecule has 0 aliphatic rings. The van der Waals surface area contributed by atoms with E-state index in [1.165, 1.54) is 22.9 Å². The van der Waals surface area contributed by atoms with Crippen LogP contribution < -0.4 is 15.2 Å². The molecule has 0 saturated carbocycles. The van der Waals surface area contributed by atoms with E-state index in [2.05, 4.69) is 50.4 Å². The van der Waals surface area contributed by atoms with Gasteiger partial charge in [-0.1, -0.05) is 72.4 Å². The number of nitrogens with zero attached hydrogens (tertiary/aromatic N) is 2. The summed E-state index contributed by atoms with van der Waals surface area (Å²) in [6.07, 6.45) is 2.45. The van der Waals surface area contributed by atoms with E-state index in [4.69, 9.17) is 15.2 Å². The minimum Gasteiger partial charge on any atom is -0.493 e. The third-order valence-corrected chi connectivity index (χ3v) is 5.90. The highest BCUT2D eigenvalue weighted by Crippen LogP contribution is 2.33. The van der Waals surface area contributed by atoms with Gasteiger partial charge in [-0.3, -0.25) is 0 Å². The molecule has 0 bridgehead atoms. The number of hydrogen-bond donors (Lipinski definition) is 1. The molecule has 160 valence electrons. The lowest BCUT2D eigenvalue weighted by Gasteiger charge is -2.12. The Morgan fingerprint density at radius 2 is 1.68 bits per heavy atom. The summed E-state index contributed by atoms with van der Waals surface area (Å²) in [7, 11) is 1.62. The molecule has 3 aromatic rings. The second-order valence-electron chi connectivity index (χ2n) is 6.57. The second kappa shape index (κ2) is 12.2. The Labute approximate surface area is 195 Å². The largest absolute Gasteiger partial charge is 0.493 e. The first-order valence-corrected chi connectivity index (χ1v) is 11.5. The average molecular weight is 498 g/mol. The molecule has 0 spiro atoms. The smallest absolute Gasteiger partial charge is 0.180 e. The molecule has 0 atom stereocenters. The molecule has 0 radical (unpaired) electrons. The first-order valence-electron chi connectivity index (χ1n) is 9.73. The summed E-state index contributed by atoms with van der Waals surface area (Å²) in [5.41, 5.74) is 9.18. The fourth-order valence-corrected chi connectivity index (χ4v) is 3.79. The maximum Gasteiger partial charge on any atom is 0.180 e. The molecular formula is C24H24BrN3O2S. The van der Waals surface area contributed by atoms with E-state index in [0.29, 0.717) is 23.3 Å². The third kappa shape index (κ3) is 7.45. The van der Waals surface area contributed by atoms with Gasteiger partial charge in [-0.25, -0.2) is 0 Å². The van der Waals surface area contributed by atoms with Crippen LogP contribution in [0.3, 0.4) is 0 Å². The van der Waals surface area contributed by atoms with Gasteiger partial charge in [0.15, 0.2) is 16.7 Å². The normalized spacial score (nSPS) is 11.6. The van der Waals surface area contributed by atoms with Gasteiger partial charge in [0.05, 0.1) is 19.9 Å². The highest BCUT2D eigenvalue weighted by atomic mass is 79.9. The van der Waals surface area contributed by atoms with Gasteiger partial charge >= 0.3 is 0 Å². The van der Waals surface area contributed by atoms with Crippen molar-refractivity contribution in [1.82, 2.24) is 0 Å². The van der Waals surface area contributed by atoms with Crippen molar-refractivity contribution < 1.29 is 9.47 Å². The van der Waals surface area contributed by atoms with Crippen LogP contribution in [0, 0.1) is 0 Å². The molecule has 0 aliphatic heterocycles. The lowest BCUT2D eigenvalue weighted by atomic mass is 10.2. The zero-order chi connectivity index (χ0) is 21.9. The Morgan fingerprint density at radius 3 is 2.35 bits per heavy atom. The molecule has 0 aromatic heterocycles. The number of hydrogen-bond acceptors (Lipinski definition) is 5. The number of thioether (sulfide) groups is 1. The molecule has 0 amide bonds. The summed E-state index contributed by atoms with van der Waals surface area (Å²) in [6, 6.07) is 24.0. The Morgan fingerprint density at radius 1 is 1.00 bits per heavy atom. The van der Waals surface area contributed by atoms with Crippen LogP contribution in [0.1, 0.15) is 16.7 Å². The van der Waals surface area contributed by atoms with E-state index < -0.39 is 0 Å². The average Bonchev–Trinajstić information content (AvgIpc) is 2.80. The Balaban J connectivity index is 1.59. The first-order chi connectivity index (χ1) is 15.2. The fourth-order valence-electron chi connectivity index (χ4n) is 2.75. The monoisotopic (exact) mass is 497 g/mol. The van der Waals surface area contributed by atoms with Crippen LogP contribution in [-0.4, -0.2) is 25.1 Å². The fraction of sp³-hybridized carbons (Fsp3) is 0.167. The van der Waals surface area contributed by atoms with Gasteiger partial charge in [-0.2, -0.15) is 5.10 Å². The van der Waals surface area contributed by atoms with Crippen molar-refractivity contribution in [3.63, 3.8) is 0 Å². The van der Waals surface area contributed by atoms with Crippen LogP contribution in [-0.2, 0) is 12.2 Å². The van der Waals surface area contributed by atoms with Crippen molar-refractivity contribution in [2.24, 2.45) is 15.9 Å². The van der Waals surface area contributed by atoms with Crippen molar-refractivity contribution in [1.29, 1.82) is 0 Å². The van der Waals surface area contributed by atoms with Crippen LogP contribution in [0.25, 0.3) is 0 Å². The SMILES string of the molecule is COc1cc(C=NN=C(N)SCc2ccccc2)c(Br)cc1OCCc1ccccc1. The van der Waals surface area contributed by atoms with E-state index in [1.807, 2.05) is 48.5 Å². The predicted octanol–water partition coefficient (Wildman–Crippen LogP) is 5.66. The molecule has 0 saturated heterocycles. The van der Waals surface area contributed by atoms with Crippen LogP contribution in [0.5, 0.6) is 11.5 Å². The Bertz CT molecular complexity index is 1030. The van der Waals surface area contributed by atoms with Gasteiger partial charge < -0.3 is 15.2 Å². The number of halogens is 1. The topological polar surface area (TPSA) is 69.2 Å². The van der Waals surface area contributed by atoms with E-state index in [-0.39, 0.29) is 0 Å². The second-order valence-corrected chi connectivity index (χ2v) is 8.42. The summed E-state index contributed by atoms with van der Waals surface area (Å²) < 4.78 is 12.3. The molecule has 0 unspecified atom stereocenters. The van der Waals surface area contributed by atoms with Gasteiger partial charge in [0, 0.05) is 22.2 Å². The number of methoxy groups -OCH3 is 1. The van der Waals surface area contributed by atoms with E-state index in [1.54, 1.807) is 13.3 Å². The molecule has 5 nitrogen and oxygen atoms in total. The summed E-state index contributed by atoms with van der Waals surface area (Å²) in [4.78, 5) is 0. The van der Waals surface area contributed by atoms with E-state index in [0.717, 1.165) is 22.2 Å². The first kappa shape index (κ1) is 22.9. The summed E-state index contributed by atoms with van der Waals surface area (Å²) in [5, 5.41) is 8.59. The zero-order valence-electron chi connectivity index (χ0n) is 17.2.